The van der Waals surface area contributed by atoms with Gasteiger partial charge in [0.05, 0.1) is 16.4 Å². The van der Waals surface area contributed by atoms with Crippen LogP contribution in [0.4, 0.5) is 10.0 Å². The molecule has 1 aromatic heterocycles. The first-order valence-corrected chi connectivity index (χ1v) is 12.2. The second-order valence-electron chi connectivity index (χ2n) is 7.29. The van der Waals surface area contributed by atoms with Gasteiger partial charge in [-0.1, -0.05) is 17.7 Å². The Morgan fingerprint density at radius 1 is 1.25 bits per heavy atom. The predicted molar refractivity (Wildman–Crippen MR) is 118 cm³/mol. The van der Waals surface area contributed by atoms with Crippen LogP contribution >= 0.6 is 11.3 Å². The Bertz CT molecular complexity index is 1120. The number of piperidine rings is 1. The summed E-state index contributed by atoms with van der Waals surface area (Å²) in [7, 11) is -3.65. The molecule has 1 saturated heterocycles. The van der Waals surface area contributed by atoms with Crippen LogP contribution in [0.15, 0.2) is 35.2 Å². The highest BCUT2D eigenvalue weighted by Gasteiger charge is 2.33. The maximum atomic E-state index is 12.8. The van der Waals surface area contributed by atoms with E-state index in [4.69, 9.17) is 4.74 Å². The first-order valence-electron chi connectivity index (χ1n) is 9.96. The van der Waals surface area contributed by atoms with Crippen LogP contribution in [0.25, 0.3) is 0 Å². The number of benzene rings is 1. The zero-order valence-corrected chi connectivity index (χ0v) is 19.2. The number of thiophene rings is 1. The van der Waals surface area contributed by atoms with E-state index in [2.05, 4.69) is 5.32 Å². The van der Waals surface area contributed by atoms with Crippen molar-refractivity contribution >= 4 is 43.2 Å². The minimum absolute atomic E-state index is 0.0508. The van der Waals surface area contributed by atoms with Crippen LogP contribution in [-0.4, -0.2) is 49.2 Å². The van der Waals surface area contributed by atoms with Gasteiger partial charge in [0, 0.05) is 25.1 Å². The molecule has 0 unspecified atom stereocenters. The number of sulfonamides is 1. The van der Waals surface area contributed by atoms with Crippen molar-refractivity contribution < 1.29 is 27.7 Å². The quantitative estimate of drug-likeness (QED) is 0.364. The van der Waals surface area contributed by atoms with Gasteiger partial charge in [-0.25, -0.2) is 13.2 Å². The first kappa shape index (κ1) is 23.8. The third-order valence-corrected chi connectivity index (χ3v) is 8.03. The Morgan fingerprint density at radius 2 is 1.88 bits per heavy atom. The molecule has 0 radical (unpaired) electrons. The summed E-state index contributed by atoms with van der Waals surface area (Å²) in [5, 5.41) is 13.4. The molecule has 2 aromatic rings. The van der Waals surface area contributed by atoms with E-state index in [0.717, 1.165) is 11.6 Å². The van der Waals surface area contributed by atoms with Gasteiger partial charge >= 0.3 is 11.0 Å². The molecule has 32 heavy (non-hydrogen) atoms. The summed E-state index contributed by atoms with van der Waals surface area (Å²) in [5.41, 5.74) is 0.881. The number of hydrogen-bond donors (Lipinski definition) is 1. The molecule has 1 aliphatic rings. The first-order chi connectivity index (χ1) is 15.1. The summed E-state index contributed by atoms with van der Waals surface area (Å²) in [6, 6.07) is 7.66. The lowest BCUT2D eigenvalue weighted by molar-refractivity contribution is -0.380. The Morgan fingerprint density at radius 3 is 2.44 bits per heavy atom. The molecule has 0 atom stereocenters. The summed E-state index contributed by atoms with van der Waals surface area (Å²) in [6.45, 7) is 3.91. The van der Waals surface area contributed by atoms with Gasteiger partial charge in [0.1, 0.15) is 10.6 Å². The maximum absolute atomic E-state index is 12.8. The van der Waals surface area contributed by atoms with Crippen molar-refractivity contribution in [3.05, 3.63) is 51.6 Å². The molecule has 0 bridgehead atoms. The van der Waals surface area contributed by atoms with Crippen molar-refractivity contribution in [2.45, 2.75) is 31.6 Å². The van der Waals surface area contributed by atoms with Crippen LogP contribution in [0, 0.1) is 23.0 Å². The Labute approximate surface area is 189 Å². The molecule has 10 nitrogen and oxygen atoms in total. The minimum atomic E-state index is -3.65. The van der Waals surface area contributed by atoms with Crippen molar-refractivity contribution in [1.82, 2.24) is 4.31 Å². The van der Waals surface area contributed by atoms with E-state index in [1.165, 1.54) is 4.31 Å². The summed E-state index contributed by atoms with van der Waals surface area (Å²) < 4.78 is 31.9. The van der Waals surface area contributed by atoms with Crippen molar-refractivity contribution in [3.8, 4) is 0 Å². The number of carbonyl (C=O) groups is 2. The summed E-state index contributed by atoms with van der Waals surface area (Å²) in [5.74, 6) is -1.67. The number of esters is 1. The number of amides is 1. The van der Waals surface area contributed by atoms with E-state index >= 15 is 0 Å². The number of rotatable bonds is 7. The van der Waals surface area contributed by atoms with Gasteiger partial charge < -0.3 is 10.1 Å². The average Bonchev–Trinajstić information content (AvgIpc) is 3.18. The van der Waals surface area contributed by atoms with E-state index < -0.39 is 32.7 Å². The minimum Gasteiger partial charge on any atom is -0.462 e. The van der Waals surface area contributed by atoms with Crippen molar-refractivity contribution in [1.29, 1.82) is 0 Å². The molecule has 172 valence electrons. The van der Waals surface area contributed by atoms with E-state index in [9.17, 15) is 28.1 Å². The molecule has 1 amide bonds. The van der Waals surface area contributed by atoms with E-state index in [0.29, 0.717) is 24.2 Å². The summed E-state index contributed by atoms with van der Waals surface area (Å²) in [6.07, 6.45) is 0.582. The van der Waals surface area contributed by atoms with Gasteiger partial charge in [0.25, 0.3) is 0 Å². The molecule has 0 aliphatic carbocycles. The molecule has 1 aromatic carbocycles. The lowest BCUT2D eigenvalue weighted by atomic mass is 9.97. The van der Waals surface area contributed by atoms with E-state index in [1.807, 2.05) is 6.92 Å². The summed E-state index contributed by atoms with van der Waals surface area (Å²) >= 11 is 0.679. The molecule has 3 rings (SSSR count). The smallest absolute Gasteiger partial charge is 0.341 e. The Hall–Kier alpha value is -2.83. The normalized spacial score (nSPS) is 15.3. The Kier molecular flexibility index (Phi) is 7.26. The highest BCUT2D eigenvalue weighted by Crippen LogP contribution is 2.35. The van der Waals surface area contributed by atoms with Gasteiger partial charge in [-0.15, -0.1) is 0 Å². The molecule has 12 heteroatoms. The van der Waals surface area contributed by atoms with Gasteiger partial charge in [-0.2, -0.15) is 4.31 Å². The number of nitrogens with zero attached hydrogens (tertiary/aromatic N) is 2. The zero-order chi connectivity index (χ0) is 23.5. The van der Waals surface area contributed by atoms with Crippen molar-refractivity contribution in [2.75, 3.05) is 25.0 Å². The van der Waals surface area contributed by atoms with Gasteiger partial charge in [0.15, 0.2) is 0 Å². The lowest BCUT2D eigenvalue weighted by Crippen LogP contribution is -2.41. The maximum Gasteiger partial charge on any atom is 0.341 e. The van der Waals surface area contributed by atoms with Crippen LogP contribution in [0.2, 0.25) is 0 Å². The molecule has 1 aliphatic heterocycles. The van der Waals surface area contributed by atoms with Gasteiger partial charge in [-0.05, 0) is 50.2 Å². The fourth-order valence-corrected chi connectivity index (χ4v) is 5.69. The highest BCUT2D eigenvalue weighted by atomic mass is 32.2. The predicted octanol–water partition coefficient (Wildman–Crippen LogP) is 3.18. The lowest BCUT2D eigenvalue weighted by Gasteiger charge is -2.30. The van der Waals surface area contributed by atoms with Crippen LogP contribution in [-0.2, 0) is 19.6 Å². The van der Waals surface area contributed by atoms with Gasteiger partial charge in [-0.3, -0.25) is 14.9 Å². The molecular formula is C20H23N3O7S2. The third-order valence-electron chi connectivity index (χ3n) is 5.11. The monoisotopic (exact) mass is 481 g/mol. The molecule has 0 saturated carbocycles. The molecule has 1 N–H and O–H groups in total. The zero-order valence-electron chi connectivity index (χ0n) is 17.6. The topological polar surface area (TPSA) is 136 Å². The average molecular weight is 482 g/mol. The van der Waals surface area contributed by atoms with Crippen molar-refractivity contribution in [3.63, 3.8) is 0 Å². The largest absolute Gasteiger partial charge is 0.462 e. The number of aryl methyl sites for hydroxylation is 1. The standard InChI is InChI=1S/C20H23N3O7S2/c1-3-30-20(25)16-12-17(23(26)27)31-19(16)21-18(24)14-8-10-22(11-9-14)32(28,29)15-6-4-13(2)5-7-15/h4-7,12,14H,3,8-11H2,1-2H3,(H,21,24). The SMILES string of the molecule is CCOC(=O)c1cc([N+](=O)[O-])sc1NC(=O)C1CCN(S(=O)(=O)c2ccc(C)cc2)CC1. The van der Waals surface area contributed by atoms with E-state index in [1.54, 1.807) is 31.2 Å². The van der Waals surface area contributed by atoms with Gasteiger partial charge in [0.2, 0.25) is 15.9 Å². The van der Waals surface area contributed by atoms with E-state index in [-0.39, 0.29) is 40.2 Å². The molecule has 2 heterocycles. The second-order valence-corrected chi connectivity index (χ2v) is 10.3. The fourth-order valence-electron chi connectivity index (χ4n) is 3.35. The number of anilines is 1. The summed E-state index contributed by atoms with van der Waals surface area (Å²) in [4.78, 5) is 35.5. The molecule has 0 spiro atoms. The number of carbonyl (C=O) groups excluding carboxylic acids is 2. The number of nitro groups is 1. The van der Waals surface area contributed by atoms with Crippen LogP contribution in [0.5, 0.6) is 0 Å². The number of ether oxygens (including phenoxy) is 1. The molecule has 1 fully saturated rings. The third kappa shape index (κ3) is 5.14. The highest BCUT2D eigenvalue weighted by molar-refractivity contribution is 7.89. The van der Waals surface area contributed by atoms with Crippen LogP contribution < -0.4 is 5.32 Å². The Balaban J connectivity index is 1.68. The molecular weight excluding hydrogens is 458 g/mol. The number of hydrogen-bond acceptors (Lipinski definition) is 8. The fraction of sp³-hybridized carbons (Fsp3) is 0.400. The number of nitrogens with one attached hydrogen (secondary N) is 1. The van der Waals surface area contributed by atoms with Crippen LogP contribution in [0.1, 0.15) is 35.7 Å². The van der Waals surface area contributed by atoms with Crippen molar-refractivity contribution in [2.24, 2.45) is 5.92 Å². The van der Waals surface area contributed by atoms with Crippen LogP contribution in [0.3, 0.4) is 0 Å². The second kappa shape index (κ2) is 9.76.